The molecule has 254 valence electrons. The predicted octanol–water partition coefficient (Wildman–Crippen LogP) is 4.44. The number of carbonyl (C=O) groups is 1. The Labute approximate surface area is 276 Å². The highest BCUT2D eigenvalue weighted by molar-refractivity contribution is 7.90. The standard InChI is InChI=1S/C32H39FN4O7S3/c33-26-11-9-25(10-12-26)23-37(24-32(38)34-27-13-15-30(16-14-27)46(41,42)36-21-5-2-6-22-36)47(43,44)31-19-17-29(18-20-31)45(39,40)35-28-7-3-1-4-8-28/h9-20,28,35H,1-8,21-24H2,(H,34,38). The Kier molecular flexibility index (Phi) is 11.1. The maximum atomic E-state index is 13.8. The van der Waals surface area contributed by atoms with Crippen molar-refractivity contribution in [3.05, 3.63) is 84.2 Å². The second kappa shape index (κ2) is 14.9. The van der Waals surface area contributed by atoms with Crippen molar-refractivity contribution in [2.75, 3.05) is 25.0 Å². The topological polar surface area (TPSA) is 150 Å². The zero-order valence-electron chi connectivity index (χ0n) is 25.8. The van der Waals surface area contributed by atoms with Crippen LogP contribution in [-0.2, 0) is 41.4 Å². The van der Waals surface area contributed by atoms with Gasteiger partial charge in [0.15, 0.2) is 0 Å². The van der Waals surface area contributed by atoms with E-state index in [0.29, 0.717) is 18.7 Å². The normalized spacial score (nSPS) is 17.1. The molecule has 2 fully saturated rings. The molecule has 1 aliphatic carbocycles. The van der Waals surface area contributed by atoms with Crippen molar-refractivity contribution in [1.29, 1.82) is 0 Å². The lowest BCUT2D eigenvalue weighted by atomic mass is 9.96. The largest absolute Gasteiger partial charge is 0.325 e. The fourth-order valence-electron chi connectivity index (χ4n) is 5.79. The third-order valence-electron chi connectivity index (χ3n) is 8.38. The molecule has 47 heavy (non-hydrogen) atoms. The van der Waals surface area contributed by atoms with Crippen molar-refractivity contribution in [3.8, 4) is 0 Å². The van der Waals surface area contributed by atoms with Crippen molar-refractivity contribution >= 4 is 41.7 Å². The van der Waals surface area contributed by atoms with Gasteiger partial charge in [-0.25, -0.2) is 34.4 Å². The van der Waals surface area contributed by atoms with Gasteiger partial charge in [0.1, 0.15) is 5.82 Å². The number of nitrogens with zero attached hydrogens (tertiary/aromatic N) is 2. The van der Waals surface area contributed by atoms with Crippen molar-refractivity contribution in [3.63, 3.8) is 0 Å². The van der Waals surface area contributed by atoms with Gasteiger partial charge in [0.25, 0.3) is 0 Å². The van der Waals surface area contributed by atoms with Gasteiger partial charge in [-0.2, -0.15) is 8.61 Å². The Bertz CT molecular complexity index is 1860. The Morgan fingerprint density at radius 3 is 1.89 bits per heavy atom. The minimum Gasteiger partial charge on any atom is -0.325 e. The van der Waals surface area contributed by atoms with Crippen molar-refractivity contribution < 1.29 is 34.4 Å². The van der Waals surface area contributed by atoms with Crippen LogP contribution in [0.15, 0.2) is 87.5 Å². The van der Waals surface area contributed by atoms with E-state index in [-0.39, 0.29) is 33.0 Å². The summed E-state index contributed by atoms with van der Waals surface area (Å²) in [5.74, 6) is -1.21. The molecule has 1 aliphatic heterocycles. The first kappa shape index (κ1) is 35.1. The molecule has 0 atom stereocenters. The smallest absolute Gasteiger partial charge is 0.243 e. The first-order chi connectivity index (χ1) is 22.3. The molecule has 0 unspecified atom stereocenters. The van der Waals surface area contributed by atoms with E-state index in [0.717, 1.165) is 55.7 Å². The Hall–Kier alpha value is -3.21. The number of hydrogen-bond donors (Lipinski definition) is 2. The highest BCUT2D eigenvalue weighted by atomic mass is 32.2. The molecule has 2 aliphatic rings. The summed E-state index contributed by atoms with van der Waals surface area (Å²) in [4.78, 5) is 13.0. The summed E-state index contributed by atoms with van der Waals surface area (Å²) < 4.78 is 98.1. The molecule has 1 saturated heterocycles. The van der Waals surface area contributed by atoms with Crippen LogP contribution in [0.3, 0.4) is 0 Å². The maximum Gasteiger partial charge on any atom is 0.243 e. The summed E-state index contributed by atoms with van der Waals surface area (Å²) in [7, 11) is -11.9. The van der Waals surface area contributed by atoms with E-state index in [1.165, 1.54) is 77.1 Å². The lowest BCUT2D eigenvalue weighted by molar-refractivity contribution is -0.116. The average molecular weight is 707 g/mol. The number of sulfonamides is 3. The number of rotatable bonds is 12. The van der Waals surface area contributed by atoms with Gasteiger partial charge in [0.05, 0.1) is 21.2 Å². The van der Waals surface area contributed by atoms with Crippen LogP contribution >= 0.6 is 0 Å². The second-order valence-corrected chi connectivity index (χ2v) is 17.5. The summed E-state index contributed by atoms with van der Waals surface area (Å²) in [6, 6.07) is 15.5. The fourth-order valence-corrected chi connectivity index (χ4v) is 10.00. The van der Waals surface area contributed by atoms with Crippen LogP contribution in [0.4, 0.5) is 10.1 Å². The Morgan fingerprint density at radius 1 is 0.723 bits per heavy atom. The third kappa shape index (κ3) is 8.83. The van der Waals surface area contributed by atoms with Crippen LogP contribution in [0.1, 0.15) is 56.9 Å². The maximum absolute atomic E-state index is 13.8. The summed E-state index contributed by atoms with van der Waals surface area (Å²) in [6.07, 6.45) is 7.00. The van der Waals surface area contributed by atoms with Gasteiger partial charge in [-0.3, -0.25) is 4.79 Å². The highest BCUT2D eigenvalue weighted by Crippen LogP contribution is 2.25. The number of hydrogen-bond acceptors (Lipinski definition) is 7. The van der Waals surface area contributed by atoms with Gasteiger partial charge >= 0.3 is 0 Å². The molecule has 0 aromatic heterocycles. The zero-order valence-corrected chi connectivity index (χ0v) is 28.3. The molecule has 5 rings (SSSR count). The molecule has 3 aromatic rings. The van der Waals surface area contributed by atoms with Crippen LogP contribution in [0.25, 0.3) is 0 Å². The molecule has 0 spiro atoms. The number of piperidine rings is 1. The van der Waals surface area contributed by atoms with Crippen LogP contribution in [-0.4, -0.2) is 65.4 Å². The number of benzene rings is 3. The van der Waals surface area contributed by atoms with Crippen LogP contribution in [0, 0.1) is 5.82 Å². The molecule has 0 bridgehead atoms. The van der Waals surface area contributed by atoms with Gasteiger partial charge in [0.2, 0.25) is 36.0 Å². The molecule has 11 nitrogen and oxygen atoms in total. The average Bonchev–Trinajstić information content (AvgIpc) is 3.06. The van der Waals surface area contributed by atoms with E-state index in [9.17, 15) is 34.4 Å². The van der Waals surface area contributed by atoms with E-state index in [1.54, 1.807) is 0 Å². The molecular formula is C32H39FN4O7S3. The predicted molar refractivity (Wildman–Crippen MR) is 175 cm³/mol. The van der Waals surface area contributed by atoms with Crippen molar-refractivity contribution in [1.82, 2.24) is 13.3 Å². The molecule has 0 radical (unpaired) electrons. The van der Waals surface area contributed by atoms with E-state index in [2.05, 4.69) is 10.0 Å². The second-order valence-electron chi connectivity index (χ2n) is 11.9. The molecule has 1 amide bonds. The summed E-state index contributed by atoms with van der Waals surface area (Å²) >= 11 is 0. The molecule has 1 saturated carbocycles. The number of carbonyl (C=O) groups excluding carboxylic acids is 1. The van der Waals surface area contributed by atoms with Gasteiger partial charge in [-0.05, 0) is 91.9 Å². The van der Waals surface area contributed by atoms with E-state index >= 15 is 0 Å². The minimum absolute atomic E-state index is 0.0735. The minimum atomic E-state index is -4.35. The van der Waals surface area contributed by atoms with Gasteiger partial charge in [0, 0.05) is 31.4 Å². The van der Waals surface area contributed by atoms with E-state index in [1.807, 2.05) is 0 Å². The van der Waals surface area contributed by atoms with Crippen LogP contribution in [0.2, 0.25) is 0 Å². The van der Waals surface area contributed by atoms with Crippen LogP contribution in [0.5, 0.6) is 0 Å². The summed E-state index contributed by atoms with van der Waals surface area (Å²) in [5.41, 5.74) is 0.692. The van der Waals surface area contributed by atoms with Crippen molar-refractivity contribution in [2.45, 2.75) is 78.6 Å². The fraction of sp³-hybridized carbons (Fsp3) is 0.406. The molecule has 1 heterocycles. The highest BCUT2D eigenvalue weighted by Gasteiger charge is 2.29. The first-order valence-electron chi connectivity index (χ1n) is 15.6. The van der Waals surface area contributed by atoms with Crippen LogP contribution < -0.4 is 10.0 Å². The Balaban J connectivity index is 1.32. The third-order valence-corrected chi connectivity index (χ3v) is 13.6. The number of nitrogens with one attached hydrogen (secondary N) is 2. The first-order valence-corrected chi connectivity index (χ1v) is 20.0. The Morgan fingerprint density at radius 2 is 1.28 bits per heavy atom. The SMILES string of the molecule is O=C(CN(Cc1ccc(F)cc1)S(=O)(=O)c1ccc(S(=O)(=O)NC2CCCCC2)cc1)Nc1ccc(S(=O)(=O)N2CCCCC2)cc1. The summed E-state index contributed by atoms with van der Waals surface area (Å²) in [6.45, 7) is 0.00726. The van der Waals surface area contributed by atoms with E-state index in [4.69, 9.17) is 0 Å². The molecule has 15 heteroatoms. The van der Waals surface area contributed by atoms with E-state index < -0.39 is 48.3 Å². The van der Waals surface area contributed by atoms with Gasteiger partial charge in [-0.15, -0.1) is 0 Å². The molecular weight excluding hydrogens is 668 g/mol. The van der Waals surface area contributed by atoms with Gasteiger partial charge in [-0.1, -0.05) is 37.8 Å². The molecule has 3 aromatic carbocycles. The number of halogens is 1. The monoisotopic (exact) mass is 706 g/mol. The van der Waals surface area contributed by atoms with Gasteiger partial charge < -0.3 is 5.32 Å². The quantitative estimate of drug-likeness (QED) is 0.283. The number of anilines is 1. The zero-order chi connectivity index (χ0) is 33.7. The molecule has 2 N–H and O–H groups in total. The lowest BCUT2D eigenvalue weighted by Crippen LogP contribution is -2.38. The lowest BCUT2D eigenvalue weighted by Gasteiger charge is -2.26. The summed E-state index contributed by atoms with van der Waals surface area (Å²) in [5, 5.41) is 2.62. The van der Waals surface area contributed by atoms with Crippen molar-refractivity contribution in [2.24, 2.45) is 0 Å². The number of amides is 1.